The second kappa shape index (κ2) is 7.49. The molecule has 1 aromatic rings. The standard InChI is InChI=1S/C15H21ClFNO/c1-4-14(5-2)18(7-6-16)15(19)12-8-11(3)9-13(17)10-12/h8-10,14H,4-7H2,1-3H3. The summed E-state index contributed by atoms with van der Waals surface area (Å²) in [7, 11) is 0. The van der Waals surface area contributed by atoms with E-state index in [0.717, 1.165) is 18.4 Å². The normalized spacial score (nSPS) is 10.8. The van der Waals surface area contributed by atoms with Crippen molar-refractivity contribution in [3.05, 3.63) is 35.1 Å². The zero-order chi connectivity index (χ0) is 14.4. The maximum absolute atomic E-state index is 13.4. The van der Waals surface area contributed by atoms with Gasteiger partial charge in [0, 0.05) is 24.0 Å². The number of aryl methyl sites for hydroxylation is 1. The molecule has 1 amide bonds. The van der Waals surface area contributed by atoms with E-state index in [1.54, 1.807) is 17.9 Å². The number of benzene rings is 1. The topological polar surface area (TPSA) is 20.3 Å². The van der Waals surface area contributed by atoms with Crippen molar-refractivity contribution in [3.8, 4) is 0 Å². The van der Waals surface area contributed by atoms with Crippen LogP contribution in [-0.4, -0.2) is 29.3 Å². The SMILES string of the molecule is CCC(CC)N(CCCl)C(=O)c1cc(C)cc(F)c1. The van der Waals surface area contributed by atoms with Gasteiger partial charge in [-0.05, 0) is 43.5 Å². The van der Waals surface area contributed by atoms with Gasteiger partial charge in [-0.25, -0.2) is 4.39 Å². The largest absolute Gasteiger partial charge is 0.334 e. The quantitative estimate of drug-likeness (QED) is 0.723. The first-order chi connectivity index (χ1) is 9.03. The molecule has 0 aromatic heterocycles. The molecule has 106 valence electrons. The monoisotopic (exact) mass is 285 g/mol. The molecule has 1 rings (SSSR count). The van der Waals surface area contributed by atoms with Crippen LogP contribution < -0.4 is 0 Å². The third kappa shape index (κ3) is 4.20. The average molecular weight is 286 g/mol. The van der Waals surface area contributed by atoms with E-state index in [-0.39, 0.29) is 17.8 Å². The van der Waals surface area contributed by atoms with Crippen LogP contribution in [-0.2, 0) is 0 Å². The molecular formula is C15H21ClFNO. The summed E-state index contributed by atoms with van der Waals surface area (Å²) in [6, 6.07) is 4.57. The predicted molar refractivity (Wildman–Crippen MR) is 77.3 cm³/mol. The lowest BCUT2D eigenvalue weighted by Gasteiger charge is -2.30. The van der Waals surface area contributed by atoms with E-state index < -0.39 is 0 Å². The van der Waals surface area contributed by atoms with Gasteiger partial charge in [0.15, 0.2) is 0 Å². The lowest BCUT2D eigenvalue weighted by atomic mass is 10.1. The summed E-state index contributed by atoms with van der Waals surface area (Å²) in [4.78, 5) is 14.3. The minimum absolute atomic E-state index is 0.142. The van der Waals surface area contributed by atoms with Crippen molar-refractivity contribution in [2.75, 3.05) is 12.4 Å². The highest BCUT2D eigenvalue weighted by Gasteiger charge is 2.22. The Hall–Kier alpha value is -1.09. The summed E-state index contributed by atoms with van der Waals surface area (Å²) in [5.41, 5.74) is 1.15. The van der Waals surface area contributed by atoms with Crippen molar-refractivity contribution in [1.82, 2.24) is 4.90 Å². The Balaban J connectivity index is 3.04. The number of hydrogen-bond donors (Lipinski definition) is 0. The highest BCUT2D eigenvalue weighted by Crippen LogP contribution is 2.16. The number of nitrogens with zero attached hydrogens (tertiary/aromatic N) is 1. The van der Waals surface area contributed by atoms with Gasteiger partial charge in [-0.15, -0.1) is 11.6 Å². The fourth-order valence-corrected chi connectivity index (χ4v) is 2.48. The summed E-state index contributed by atoms with van der Waals surface area (Å²) >= 11 is 5.78. The van der Waals surface area contributed by atoms with Crippen LogP contribution in [0.15, 0.2) is 18.2 Å². The molecule has 0 N–H and O–H groups in total. The van der Waals surface area contributed by atoms with Gasteiger partial charge in [0.2, 0.25) is 0 Å². The first kappa shape index (κ1) is 16.0. The van der Waals surface area contributed by atoms with Crippen LogP contribution in [0.5, 0.6) is 0 Å². The van der Waals surface area contributed by atoms with Crippen LogP contribution in [0, 0.1) is 12.7 Å². The van der Waals surface area contributed by atoms with Crippen LogP contribution in [0.3, 0.4) is 0 Å². The minimum Gasteiger partial charge on any atom is -0.334 e. The molecule has 0 unspecified atom stereocenters. The van der Waals surface area contributed by atoms with Crippen LogP contribution in [0.1, 0.15) is 42.6 Å². The van der Waals surface area contributed by atoms with Crippen LogP contribution in [0.4, 0.5) is 4.39 Å². The van der Waals surface area contributed by atoms with Crippen molar-refractivity contribution < 1.29 is 9.18 Å². The van der Waals surface area contributed by atoms with Gasteiger partial charge >= 0.3 is 0 Å². The highest BCUT2D eigenvalue weighted by atomic mass is 35.5. The summed E-state index contributed by atoms with van der Waals surface area (Å²) in [5.74, 6) is -0.132. The molecule has 0 fully saturated rings. The third-order valence-corrected chi connectivity index (χ3v) is 3.43. The maximum atomic E-state index is 13.4. The van der Waals surface area contributed by atoms with Crippen molar-refractivity contribution >= 4 is 17.5 Å². The van der Waals surface area contributed by atoms with Gasteiger partial charge in [0.1, 0.15) is 5.82 Å². The smallest absolute Gasteiger partial charge is 0.254 e. The maximum Gasteiger partial charge on any atom is 0.254 e. The Morgan fingerprint density at radius 2 is 1.95 bits per heavy atom. The number of halogens is 2. The van der Waals surface area contributed by atoms with E-state index in [1.165, 1.54) is 12.1 Å². The van der Waals surface area contributed by atoms with E-state index in [2.05, 4.69) is 0 Å². The Morgan fingerprint density at radius 1 is 1.32 bits per heavy atom. The van der Waals surface area contributed by atoms with E-state index >= 15 is 0 Å². The average Bonchev–Trinajstić information content (AvgIpc) is 2.37. The molecule has 1 aromatic carbocycles. The molecule has 0 atom stereocenters. The molecule has 0 saturated heterocycles. The van der Waals surface area contributed by atoms with E-state index in [4.69, 9.17) is 11.6 Å². The van der Waals surface area contributed by atoms with Crippen molar-refractivity contribution in [3.63, 3.8) is 0 Å². The number of rotatable bonds is 6. The second-order valence-electron chi connectivity index (χ2n) is 4.68. The van der Waals surface area contributed by atoms with Crippen LogP contribution >= 0.6 is 11.6 Å². The van der Waals surface area contributed by atoms with Gasteiger partial charge in [-0.1, -0.05) is 13.8 Å². The summed E-state index contributed by atoms with van der Waals surface area (Å²) in [6.45, 7) is 6.35. The number of amides is 1. The molecule has 0 aliphatic heterocycles. The number of carbonyl (C=O) groups excluding carboxylic acids is 1. The zero-order valence-electron chi connectivity index (χ0n) is 11.7. The number of hydrogen-bond acceptors (Lipinski definition) is 1. The van der Waals surface area contributed by atoms with Gasteiger partial charge < -0.3 is 4.90 Å². The molecular weight excluding hydrogens is 265 g/mol. The summed E-state index contributed by atoms with van der Waals surface area (Å²) in [6.07, 6.45) is 1.74. The molecule has 2 nitrogen and oxygen atoms in total. The third-order valence-electron chi connectivity index (χ3n) is 3.26. The molecule has 0 aliphatic rings. The molecule has 0 saturated carbocycles. The van der Waals surface area contributed by atoms with Gasteiger partial charge in [-0.3, -0.25) is 4.79 Å². The summed E-state index contributed by atoms with van der Waals surface area (Å²) in [5, 5.41) is 0. The lowest BCUT2D eigenvalue weighted by molar-refractivity contribution is 0.0681. The molecule has 0 aliphatic carbocycles. The van der Waals surface area contributed by atoms with Crippen molar-refractivity contribution in [1.29, 1.82) is 0 Å². The molecule has 0 bridgehead atoms. The Labute approximate surface area is 119 Å². The number of carbonyl (C=O) groups is 1. The van der Waals surface area contributed by atoms with Gasteiger partial charge in [-0.2, -0.15) is 0 Å². The lowest BCUT2D eigenvalue weighted by Crippen LogP contribution is -2.41. The fraction of sp³-hybridized carbons (Fsp3) is 0.533. The minimum atomic E-state index is -0.376. The Bertz CT molecular complexity index is 412. The first-order valence-corrected chi connectivity index (χ1v) is 7.21. The molecule has 0 radical (unpaired) electrons. The first-order valence-electron chi connectivity index (χ1n) is 6.67. The fourth-order valence-electron chi connectivity index (χ4n) is 2.30. The molecule has 4 heteroatoms. The number of alkyl halides is 1. The predicted octanol–water partition coefficient (Wildman–Crippen LogP) is 4.00. The Kier molecular flexibility index (Phi) is 6.29. The zero-order valence-corrected chi connectivity index (χ0v) is 12.5. The van der Waals surface area contributed by atoms with Crippen molar-refractivity contribution in [2.24, 2.45) is 0 Å². The van der Waals surface area contributed by atoms with Crippen LogP contribution in [0.2, 0.25) is 0 Å². The molecule has 19 heavy (non-hydrogen) atoms. The van der Waals surface area contributed by atoms with E-state index in [0.29, 0.717) is 18.0 Å². The summed E-state index contributed by atoms with van der Waals surface area (Å²) < 4.78 is 13.4. The second-order valence-corrected chi connectivity index (χ2v) is 5.05. The van der Waals surface area contributed by atoms with Gasteiger partial charge in [0.25, 0.3) is 5.91 Å². The Morgan fingerprint density at radius 3 is 2.42 bits per heavy atom. The highest BCUT2D eigenvalue weighted by molar-refractivity contribution is 6.18. The van der Waals surface area contributed by atoms with Crippen LogP contribution in [0.25, 0.3) is 0 Å². The van der Waals surface area contributed by atoms with Crippen molar-refractivity contribution in [2.45, 2.75) is 39.7 Å². The van der Waals surface area contributed by atoms with E-state index in [1.807, 2.05) is 13.8 Å². The molecule has 0 spiro atoms. The molecule has 0 heterocycles. The van der Waals surface area contributed by atoms with Gasteiger partial charge in [0.05, 0.1) is 0 Å². The van der Waals surface area contributed by atoms with E-state index in [9.17, 15) is 9.18 Å².